The number of aromatic amines is 1. The molecule has 0 saturated carbocycles. The highest BCUT2D eigenvalue weighted by Crippen LogP contribution is 2.34. The Labute approximate surface area is 158 Å². The van der Waals surface area contributed by atoms with Crippen LogP contribution in [-0.4, -0.2) is 26.6 Å². The Balaban J connectivity index is 1.32. The van der Waals surface area contributed by atoms with Gasteiger partial charge in [-0.05, 0) is 37.0 Å². The van der Waals surface area contributed by atoms with Gasteiger partial charge in [-0.25, -0.2) is 4.98 Å². The molecule has 0 fully saturated rings. The average Bonchev–Trinajstić information content (AvgIpc) is 3.20. The number of nitrogens with one attached hydrogen (secondary N) is 2. The number of carbonyl (C=O) groups is 1. The second-order valence-electron chi connectivity index (χ2n) is 6.14. The number of amides is 1. The van der Waals surface area contributed by atoms with E-state index in [-0.39, 0.29) is 11.5 Å². The van der Waals surface area contributed by atoms with Crippen LogP contribution in [0.3, 0.4) is 0 Å². The first-order valence-corrected chi connectivity index (χ1v) is 10.5. The lowest BCUT2D eigenvalue weighted by Crippen LogP contribution is -2.13. The number of nitrogens with zero attached hydrogens (tertiary/aromatic N) is 2. The zero-order valence-electron chi connectivity index (χ0n) is 14.1. The number of anilines is 1. The van der Waals surface area contributed by atoms with Gasteiger partial charge < -0.3 is 10.3 Å². The summed E-state index contributed by atoms with van der Waals surface area (Å²) in [5, 5.41) is 3.59. The van der Waals surface area contributed by atoms with E-state index in [1.54, 1.807) is 47.6 Å². The molecule has 3 aromatic rings. The Kier molecular flexibility index (Phi) is 5.03. The number of hydrogen-bond acceptors (Lipinski definition) is 6. The lowest BCUT2D eigenvalue weighted by molar-refractivity contribution is -0.115. The number of pyridine rings is 1. The fourth-order valence-corrected chi connectivity index (χ4v) is 5.19. The van der Waals surface area contributed by atoms with Crippen LogP contribution in [0.25, 0.3) is 10.2 Å². The SMILES string of the molecule is O=C(CCSCc1nc2sc3c(c2c(=O)[nH]1)CCC3)Nc1cccnc1. The standard InChI is InChI=1S/C18H18N4O2S2/c23-15(20-11-3-2-7-19-9-11)6-8-25-10-14-21-17(24)16-12-4-1-5-13(12)26-18(16)22-14/h2-3,7,9H,1,4-6,8,10H2,(H,20,23)(H,21,22,24). The molecular weight excluding hydrogens is 368 g/mol. The van der Waals surface area contributed by atoms with Crippen LogP contribution < -0.4 is 10.9 Å². The molecule has 6 nitrogen and oxygen atoms in total. The van der Waals surface area contributed by atoms with E-state index < -0.39 is 0 Å². The van der Waals surface area contributed by atoms with Crippen molar-refractivity contribution in [2.45, 2.75) is 31.4 Å². The molecule has 0 spiro atoms. The first-order chi connectivity index (χ1) is 12.7. The molecule has 1 amide bonds. The van der Waals surface area contributed by atoms with Gasteiger partial charge in [0.15, 0.2) is 0 Å². The topological polar surface area (TPSA) is 87.7 Å². The van der Waals surface area contributed by atoms with Gasteiger partial charge in [0, 0.05) is 23.2 Å². The number of carbonyl (C=O) groups excluding carboxylic acids is 1. The van der Waals surface area contributed by atoms with Crippen LogP contribution in [0.2, 0.25) is 0 Å². The summed E-state index contributed by atoms with van der Waals surface area (Å²) in [4.78, 5) is 38.0. The van der Waals surface area contributed by atoms with Gasteiger partial charge in [0.05, 0.1) is 23.0 Å². The summed E-state index contributed by atoms with van der Waals surface area (Å²) < 4.78 is 0. The highest BCUT2D eigenvalue weighted by Gasteiger charge is 2.21. The fourth-order valence-electron chi connectivity index (χ4n) is 3.11. The molecule has 26 heavy (non-hydrogen) atoms. The largest absolute Gasteiger partial charge is 0.325 e. The van der Waals surface area contributed by atoms with Crippen molar-refractivity contribution in [2.75, 3.05) is 11.1 Å². The molecule has 2 N–H and O–H groups in total. The third-order valence-electron chi connectivity index (χ3n) is 4.28. The minimum absolute atomic E-state index is 0.0284. The number of rotatable bonds is 6. The van der Waals surface area contributed by atoms with E-state index in [4.69, 9.17) is 0 Å². The molecule has 3 aromatic heterocycles. The molecule has 1 aliphatic carbocycles. The molecule has 0 bridgehead atoms. The summed E-state index contributed by atoms with van der Waals surface area (Å²) in [6, 6.07) is 3.59. The summed E-state index contributed by atoms with van der Waals surface area (Å²) in [5.74, 6) is 1.89. The van der Waals surface area contributed by atoms with E-state index in [0.717, 1.165) is 29.5 Å². The number of thiophene rings is 1. The summed E-state index contributed by atoms with van der Waals surface area (Å²) >= 11 is 3.24. The number of thioether (sulfide) groups is 1. The Morgan fingerprint density at radius 2 is 2.31 bits per heavy atom. The third kappa shape index (κ3) is 3.66. The Morgan fingerprint density at radius 3 is 3.15 bits per heavy atom. The van der Waals surface area contributed by atoms with Gasteiger partial charge in [-0.3, -0.25) is 14.6 Å². The number of fused-ring (bicyclic) bond motifs is 3. The summed E-state index contributed by atoms with van der Waals surface area (Å²) in [6.45, 7) is 0. The van der Waals surface area contributed by atoms with Crippen LogP contribution in [-0.2, 0) is 23.4 Å². The van der Waals surface area contributed by atoms with Gasteiger partial charge in [0.1, 0.15) is 10.7 Å². The predicted octanol–water partition coefficient (Wildman–Crippen LogP) is 3.13. The van der Waals surface area contributed by atoms with Crippen LogP contribution in [0.15, 0.2) is 29.3 Å². The van der Waals surface area contributed by atoms with Crippen LogP contribution in [0.4, 0.5) is 5.69 Å². The van der Waals surface area contributed by atoms with E-state index in [1.807, 2.05) is 0 Å². The Hall–Kier alpha value is -2.19. The molecule has 0 unspecified atom stereocenters. The second kappa shape index (κ2) is 7.59. The summed E-state index contributed by atoms with van der Waals surface area (Å²) in [6.07, 6.45) is 6.87. The highest BCUT2D eigenvalue weighted by molar-refractivity contribution is 7.98. The molecule has 8 heteroatoms. The number of aryl methyl sites for hydroxylation is 2. The smallest absolute Gasteiger partial charge is 0.259 e. The van der Waals surface area contributed by atoms with Crippen molar-refractivity contribution >= 4 is 44.9 Å². The molecule has 0 aromatic carbocycles. The minimum Gasteiger partial charge on any atom is -0.325 e. The van der Waals surface area contributed by atoms with Crippen LogP contribution in [0.5, 0.6) is 0 Å². The van der Waals surface area contributed by atoms with Crippen molar-refractivity contribution in [3.63, 3.8) is 0 Å². The van der Waals surface area contributed by atoms with Crippen molar-refractivity contribution in [1.82, 2.24) is 15.0 Å². The van der Waals surface area contributed by atoms with Crippen molar-refractivity contribution < 1.29 is 4.79 Å². The second-order valence-corrected chi connectivity index (χ2v) is 8.33. The normalized spacial score (nSPS) is 13.1. The molecule has 4 rings (SSSR count). The van der Waals surface area contributed by atoms with Crippen molar-refractivity contribution in [3.8, 4) is 0 Å². The van der Waals surface area contributed by atoms with Crippen LogP contribution in [0.1, 0.15) is 29.1 Å². The number of aromatic nitrogens is 3. The van der Waals surface area contributed by atoms with Gasteiger partial charge in [0.2, 0.25) is 5.91 Å². The first kappa shape index (κ1) is 17.2. The van der Waals surface area contributed by atoms with Crippen molar-refractivity contribution in [1.29, 1.82) is 0 Å². The van der Waals surface area contributed by atoms with E-state index in [1.165, 1.54) is 10.4 Å². The van der Waals surface area contributed by atoms with Crippen LogP contribution >= 0.6 is 23.1 Å². The zero-order valence-corrected chi connectivity index (χ0v) is 15.7. The zero-order chi connectivity index (χ0) is 17.9. The van der Waals surface area contributed by atoms with E-state index in [9.17, 15) is 9.59 Å². The fraction of sp³-hybridized carbons (Fsp3) is 0.333. The molecular formula is C18H18N4O2S2. The maximum Gasteiger partial charge on any atom is 0.259 e. The Morgan fingerprint density at radius 1 is 1.38 bits per heavy atom. The predicted molar refractivity (Wildman–Crippen MR) is 106 cm³/mol. The number of hydrogen-bond donors (Lipinski definition) is 2. The lowest BCUT2D eigenvalue weighted by Gasteiger charge is -2.04. The van der Waals surface area contributed by atoms with Gasteiger partial charge in [-0.1, -0.05) is 0 Å². The lowest BCUT2D eigenvalue weighted by atomic mass is 10.2. The monoisotopic (exact) mass is 386 g/mol. The molecule has 0 aliphatic heterocycles. The maximum atomic E-state index is 12.4. The average molecular weight is 387 g/mol. The van der Waals surface area contributed by atoms with Crippen molar-refractivity contribution in [2.24, 2.45) is 0 Å². The van der Waals surface area contributed by atoms with Gasteiger partial charge in [0.25, 0.3) is 5.56 Å². The summed E-state index contributed by atoms with van der Waals surface area (Å²) in [7, 11) is 0. The molecule has 1 aliphatic rings. The molecule has 0 radical (unpaired) electrons. The van der Waals surface area contributed by atoms with E-state index >= 15 is 0 Å². The summed E-state index contributed by atoms with van der Waals surface area (Å²) in [5.41, 5.74) is 1.87. The molecule has 0 saturated heterocycles. The minimum atomic E-state index is -0.0444. The van der Waals surface area contributed by atoms with Gasteiger partial charge in [-0.15, -0.1) is 11.3 Å². The van der Waals surface area contributed by atoms with E-state index in [0.29, 0.717) is 29.4 Å². The van der Waals surface area contributed by atoms with Crippen molar-refractivity contribution in [3.05, 3.63) is 51.1 Å². The quantitative estimate of drug-likeness (QED) is 0.636. The molecule has 0 atom stereocenters. The maximum absolute atomic E-state index is 12.4. The molecule has 134 valence electrons. The van der Waals surface area contributed by atoms with E-state index in [2.05, 4.69) is 20.3 Å². The van der Waals surface area contributed by atoms with Crippen LogP contribution in [0, 0.1) is 0 Å². The van der Waals surface area contributed by atoms with Gasteiger partial charge in [-0.2, -0.15) is 11.8 Å². The number of H-pyrrole nitrogens is 1. The highest BCUT2D eigenvalue weighted by atomic mass is 32.2. The molecule has 3 heterocycles. The first-order valence-electron chi connectivity index (χ1n) is 8.52. The van der Waals surface area contributed by atoms with Gasteiger partial charge >= 0.3 is 0 Å². The Bertz CT molecular complexity index is 998. The third-order valence-corrected chi connectivity index (χ3v) is 6.44.